The summed E-state index contributed by atoms with van der Waals surface area (Å²) in [6.07, 6.45) is 3.88. The molecule has 1 fully saturated rings. The Morgan fingerprint density at radius 3 is 2.82 bits per heavy atom. The molecule has 0 unspecified atom stereocenters. The van der Waals surface area contributed by atoms with Gasteiger partial charge in [-0.3, -0.25) is 4.90 Å². The number of hydrogen-bond donors (Lipinski definition) is 1. The van der Waals surface area contributed by atoms with Crippen LogP contribution in [-0.4, -0.2) is 31.1 Å². The van der Waals surface area contributed by atoms with Gasteiger partial charge in [-0.25, -0.2) is 0 Å². The summed E-state index contributed by atoms with van der Waals surface area (Å²) in [6, 6.07) is 4.63. The summed E-state index contributed by atoms with van der Waals surface area (Å²) in [6.45, 7) is 5.76. The molecule has 0 saturated carbocycles. The second kappa shape index (κ2) is 5.09. The summed E-state index contributed by atoms with van der Waals surface area (Å²) in [4.78, 5) is 2.57. The molecule has 3 rings (SSSR count). The number of piperazine rings is 1. The van der Waals surface area contributed by atoms with Crippen LogP contribution in [0.3, 0.4) is 0 Å². The Bertz CT molecular complexity index is 411. The average molecular weight is 295 g/mol. The summed E-state index contributed by atoms with van der Waals surface area (Å²) in [5.74, 6) is 0. The van der Waals surface area contributed by atoms with Gasteiger partial charge in [-0.15, -0.1) is 0 Å². The van der Waals surface area contributed by atoms with E-state index in [9.17, 15) is 0 Å². The molecule has 1 aromatic carbocycles. The average Bonchev–Trinajstić information content (AvgIpc) is 2.78. The molecule has 0 atom stereocenters. The van der Waals surface area contributed by atoms with E-state index in [1.54, 1.807) is 16.7 Å². The molecule has 2 aliphatic rings. The van der Waals surface area contributed by atoms with Crippen molar-refractivity contribution in [3.63, 3.8) is 0 Å². The molecule has 0 bridgehead atoms. The van der Waals surface area contributed by atoms with Gasteiger partial charge in [-0.05, 0) is 48.1 Å². The number of halogens is 1. The topological polar surface area (TPSA) is 15.3 Å². The summed E-state index contributed by atoms with van der Waals surface area (Å²) >= 11 is 3.65. The number of fused-ring (bicyclic) bond motifs is 1. The van der Waals surface area contributed by atoms with Gasteiger partial charge in [0.15, 0.2) is 0 Å². The minimum absolute atomic E-state index is 1.13. The van der Waals surface area contributed by atoms with E-state index in [-0.39, 0.29) is 0 Å². The lowest BCUT2D eigenvalue weighted by atomic mass is 10.0. The SMILES string of the molecule is Brc1cc2c(c(CN3CCNCC3)c1)CCC2. The fourth-order valence-electron chi connectivity index (χ4n) is 3.01. The number of hydrogen-bond acceptors (Lipinski definition) is 2. The zero-order chi connectivity index (χ0) is 11.7. The van der Waals surface area contributed by atoms with Crippen LogP contribution in [0.1, 0.15) is 23.1 Å². The third kappa shape index (κ3) is 2.56. The van der Waals surface area contributed by atoms with Crippen molar-refractivity contribution in [2.24, 2.45) is 0 Å². The van der Waals surface area contributed by atoms with Crippen molar-refractivity contribution in [1.29, 1.82) is 0 Å². The van der Waals surface area contributed by atoms with Gasteiger partial charge in [0.2, 0.25) is 0 Å². The Labute approximate surface area is 112 Å². The molecule has 1 aliphatic heterocycles. The Kier molecular flexibility index (Phi) is 3.50. The standard InChI is InChI=1S/C14H19BrN2/c15-13-8-11-2-1-3-14(11)12(9-13)10-17-6-4-16-5-7-17/h8-9,16H,1-7,10H2. The summed E-state index contributed by atoms with van der Waals surface area (Å²) in [7, 11) is 0. The molecule has 0 spiro atoms. The molecule has 0 radical (unpaired) electrons. The van der Waals surface area contributed by atoms with Crippen molar-refractivity contribution in [2.75, 3.05) is 26.2 Å². The summed E-state index contributed by atoms with van der Waals surface area (Å²) < 4.78 is 1.25. The van der Waals surface area contributed by atoms with Gasteiger partial charge in [-0.2, -0.15) is 0 Å². The van der Waals surface area contributed by atoms with Crippen molar-refractivity contribution in [2.45, 2.75) is 25.8 Å². The Morgan fingerprint density at radius 2 is 2.00 bits per heavy atom. The van der Waals surface area contributed by atoms with Gasteiger partial charge in [0.05, 0.1) is 0 Å². The second-order valence-electron chi connectivity index (χ2n) is 5.08. The highest BCUT2D eigenvalue weighted by molar-refractivity contribution is 9.10. The zero-order valence-corrected chi connectivity index (χ0v) is 11.7. The van der Waals surface area contributed by atoms with Crippen LogP contribution in [0.2, 0.25) is 0 Å². The number of aryl methyl sites for hydroxylation is 1. The smallest absolute Gasteiger partial charge is 0.0238 e. The van der Waals surface area contributed by atoms with Crippen molar-refractivity contribution in [3.05, 3.63) is 33.3 Å². The van der Waals surface area contributed by atoms with Crippen molar-refractivity contribution in [1.82, 2.24) is 10.2 Å². The predicted octanol–water partition coefficient (Wildman–Crippen LogP) is 2.34. The largest absolute Gasteiger partial charge is 0.314 e. The first kappa shape index (κ1) is 11.7. The normalized spacial score (nSPS) is 20.5. The van der Waals surface area contributed by atoms with Crippen molar-refractivity contribution in [3.8, 4) is 0 Å². The maximum atomic E-state index is 3.65. The Balaban J connectivity index is 1.82. The van der Waals surface area contributed by atoms with Gasteiger partial charge in [0, 0.05) is 37.2 Å². The highest BCUT2D eigenvalue weighted by atomic mass is 79.9. The quantitative estimate of drug-likeness (QED) is 0.901. The highest BCUT2D eigenvalue weighted by Gasteiger charge is 2.18. The molecule has 2 nitrogen and oxygen atoms in total. The molecule has 0 amide bonds. The molecule has 1 heterocycles. The molecular formula is C14H19BrN2. The minimum Gasteiger partial charge on any atom is -0.314 e. The van der Waals surface area contributed by atoms with E-state index in [1.807, 2.05) is 0 Å². The van der Waals surface area contributed by atoms with Crippen LogP contribution in [0.15, 0.2) is 16.6 Å². The van der Waals surface area contributed by atoms with Crippen LogP contribution in [-0.2, 0) is 19.4 Å². The number of benzene rings is 1. The maximum absolute atomic E-state index is 3.65. The van der Waals surface area contributed by atoms with Gasteiger partial charge in [-0.1, -0.05) is 15.9 Å². The zero-order valence-electron chi connectivity index (χ0n) is 10.1. The first-order valence-corrected chi connectivity index (χ1v) is 7.35. The van der Waals surface area contributed by atoms with Crippen LogP contribution in [0.4, 0.5) is 0 Å². The van der Waals surface area contributed by atoms with E-state index in [0.29, 0.717) is 0 Å². The van der Waals surface area contributed by atoms with Crippen LogP contribution in [0.25, 0.3) is 0 Å². The molecule has 1 aromatic rings. The lowest BCUT2D eigenvalue weighted by Gasteiger charge is -2.28. The monoisotopic (exact) mass is 294 g/mol. The molecule has 0 aromatic heterocycles. The number of nitrogens with one attached hydrogen (secondary N) is 1. The van der Waals surface area contributed by atoms with E-state index >= 15 is 0 Å². The summed E-state index contributed by atoms with van der Waals surface area (Å²) in [5, 5.41) is 3.41. The number of nitrogens with zero attached hydrogens (tertiary/aromatic N) is 1. The van der Waals surface area contributed by atoms with Gasteiger partial charge < -0.3 is 5.32 Å². The highest BCUT2D eigenvalue weighted by Crippen LogP contribution is 2.30. The van der Waals surface area contributed by atoms with E-state index in [0.717, 1.165) is 19.6 Å². The summed E-state index contributed by atoms with van der Waals surface area (Å²) in [5.41, 5.74) is 4.75. The van der Waals surface area contributed by atoms with Crippen LogP contribution < -0.4 is 5.32 Å². The van der Waals surface area contributed by atoms with Crippen molar-refractivity contribution < 1.29 is 0 Å². The molecular weight excluding hydrogens is 276 g/mol. The molecule has 17 heavy (non-hydrogen) atoms. The maximum Gasteiger partial charge on any atom is 0.0238 e. The second-order valence-corrected chi connectivity index (χ2v) is 6.00. The van der Waals surface area contributed by atoms with E-state index in [4.69, 9.17) is 0 Å². The first-order chi connectivity index (χ1) is 8.33. The first-order valence-electron chi connectivity index (χ1n) is 6.56. The fourth-order valence-corrected chi connectivity index (χ4v) is 3.56. The third-order valence-corrected chi connectivity index (χ3v) is 4.33. The Morgan fingerprint density at radius 1 is 1.18 bits per heavy atom. The predicted molar refractivity (Wildman–Crippen MR) is 74.3 cm³/mol. The van der Waals surface area contributed by atoms with Gasteiger partial charge in [0.25, 0.3) is 0 Å². The van der Waals surface area contributed by atoms with E-state index in [2.05, 4.69) is 38.3 Å². The van der Waals surface area contributed by atoms with Crippen LogP contribution in [0, 0.1) is 0 Å². The van der Waals surface area contributed by atoms with E-state index in [1.165, 1.54) is 36.8 Å². The lowest BCUT2D eigenvalue weighted by molar-refractivity contribution is 0.232. The van der Waals surface area contributed by atoms with Gasteiger partial charge in [0.1, 0.15) is 0 Å². The molecule has 1 aliphatic carbocycles. The molecule has 1 saturated heterocycles. The van der Waals surface area contributed by atoms with Gasteiger partial charge >= 0.3 is 0 Å². The molecule has 1 N–H and O–H groups in total. The van der Waals surface area contributed by atoms with Crippen LogP contribution >= 0.6 is 15.9 Å². The van der Waals surface area contributed by atoms with Crippen LogP contribution in [0.5, 0.6) is 0 Å². The minimum atomic E-state index is 1.13. The fraction of sp³-hybridized carbons (Fsp3) is 0.571. The van der Waals surface area contributed by atoms with E-state index < -0.39 is 0 Å². The molecule has 92 valence electrons. The molecule has 3 heteroatoms. The van der Waals surface area contributed by atoms with Crippen molar-refractivity contribution >= 4 is 15.9 Å². The number of rotatable bonds is 2. The third-order valence-electron chi connectivity index (χ3n) is 3.88. The lowest BCUT2D eigenvalue weighted by Crippen LogP contribution is -2.43. The Hall–Kier alpha value is -0.380.